The minimum atomic E-state index is -1.41. The fourth-order valence-corrected chi connectivity index (χ4v) is 4.05. The maximum absolute atomic E-state index is 11.6. The molecular formula is C22H26O7. The third-order valence-corrected chi connectivity index (χ3v) is 5.57. The van der Waals surface area contributed by atoms with Gasteiger partial charge < -0.3 is 34.3 Å². The summed E-state index contributed by atoms with van der Waals surface area (Å²) >= 11 is 0. The molecule has 0 bridgehead atoms. The van der Waals surface area contributed by atoms with Crippen molar-refractivity contribution in [2.45, 2.75) is 44.0 Å². The zero-order valence-corrected chi connectivity index (χ0v) is 17.0. The number of phenols is 1. The Hall–Kier alpha value is -2.64. The van der Waals surface area contributed by atoms with Crippen LogP contribution in [0.3, 0.4) is 0 Å². The Morgan fingerprint density at radius 2 is 1.97 bits per heavy atom. The van der Waals surface area contributed by atoms with Crippen LogP contribution in [-0.2, 0) is 12.0 Å². The lowest BCUT2D eigenvalue weighted by Gasteiger charge is -2.34. The van der Waals surface area contributed by atoms with E-state index in [0.717, 1.165) is 5.56 Å². The lowest BCUT2D eigenvalue weighted by Crippen LogP contribution is -2.41. The Kier molecular flexibility index (Phi) is 4.55. The highest BCUT2D eigenvalue weighted by atomic mass is 16.5. The molecule has 0 aromatic heterocycles. The quantitative estimate of drug-likeness (QED) is 0.707. The average molecular weight is 402 g/mol. The molecule has 2 aromatic rings. The minimum Gasteiger partial charge on any atom is -0.508 e. The minimum absolute atomic E-state index is 0.0263. The van der Waals surface area contributed by atoms with Gasteiger partial charge in [-0.2, -0.15) is 0 Å². The summed E-state index contributed by atoms with van der Waals surface area (Å²) in [6.45, 7) is 3.46. The first-order valence-electron chi connectivity index (χ1n) is 9.53. The molecule has 0 radical (unpaired) electrons. The molecule has 2 unspecified atom stereocenters. The van der Waals surface area contributed by atoms with Crippen LogP contribution in [0.2, 0.25) is 0 Å². The van der Waals surface area contributed by atoms with Crippen molar-refractivity contribution in [1.29, 1.82) is 0 Å². The number of phenolic OH excluding ortho intramolecular Hbond substituents is 1. The van der Waals surface area contributed by atoms with E-state index in [1.54, 1.807) is 33.1 Å². The smallest absolute Gasteiger partial charge is 0.168 e. The number of hydrogen-bond donors (Lipinski definition) is 3. The van der Waals surface area contributed by atoms with Gasteiger partial charge in [0.05, 0.1) is 19.8 Å². The number of rotatable bonds is 5. The van der Waals surface area contributed by atoms with Crippen molar-refractivity contribution in [3.63, 3.8) is 0 Å². The lowest BCUT2D eigenvalue weighted by molar-refractivity contribution is -0.0865. The molecule has 156 valence electrons. The van der Waals surface area contributed by atoms with Gasteiger partial charge in [0.1, 0.15) is 23.9 Å². The number of ether oxygens (including phenoxy) is 4. The largest absolute Gasteiger partial charge is 0.508 e. The molecule has 29 heavy (non-hydrogen) atoms. The highest BCUT2D eigenvalue weighted by Gasteiger charge is 2.54. The molecule has 7 nitrogen and oxygen atoms in total. The first-order valence-corrected chi connectivity index (χ1v) is 9.53. The highest BCUT2D eigenvalue weighted by Crippen LogP contribution is 2.58. The van der Waals surface area contributed by atoms with E-state index in [9.17, 15) is 15.3 Å². The van der Waals surface area contributed by atoms with Crippen LogP contribution in [0, 0.1) is 0 Å². The van der Waals surface area contributed by atoms with Crippen molar-refractivity contribution in [1.82, 2.24) is 0 Å². The predicted octanol–water partition coefficient (Wildman–Crippen LogP) is 2.83. The maximum Gasteiger partial charge on any atom is 0.168 e. The standard InChI is InChI=1S/C22H26O7/c1-21(2,24)8-7-14-18-15(10-17(26-3)19(14)27-4)22(25)11-28-16-9-12(23)5-6-13(16)20(22)29-18/h5-6,9-10,20,23-25H,7-8,11H2,1-4H3. The third-order valence-electron chi connectivity index (χ3n) is 5.57. The Balaban J connectivity index is 1.86. The van der Waals surface area contributed by atoms with E-state index in [-0.39, 0.29) is 12.4 Å². The Labute approximate surface area is 169 Å². The Morgan fingerprint density at radius 1 is 1.21 bits per heavy atom. The van der Waals surface area contributed by atoms with E-state index < -0.39 is 17.3 Å². The first-order chi connectivity index (χ1) is 13.7. The van der Waals surface area contributed by atoms with E-state index in [4.69, 9.17) is 18.9 Å². The summed E-state index contributed by atoms with van der Waals surface area (Å²) in [7, 11) is 3.09. The van der Waals surface area contributed by atoms with Crippen molar-refractivity contribution in [3.8, 4) is 28.7 Å². The van der Waals surface area contributed by atoms with Crippen LogP contribution in [0.15, 0.2) is 24.3 Å². The topological polar surface area (TPSA) is 97.6 Å². The van der Waals surface area contributed by atoms with Crippen molar-refractivity contribution >= 4 is 0 Å². The lowest BCUT2D eigenvalue weighted by atomic mass is 9.83. The van der Waals surface area contributed by atoms with Crippen molar-refractivity contribution in [3.05, 3.63) is 41.0 Å². The molecule has 2 aliphatic heterocycles. The third kappa shape index (κ3) is 3.14. The van der Waals surface area contributed by atoms with Crippen molar-refractivity contribution in [2.24, 2.45) is 0 Å². The molecule has 2 heterocycles. The second-order valence-electron chi connectivity index (χ2n) is 8.21. The number of aliphatic hydroxyl groups is 2. The van der Waals surface area contributed by atoms with Gasteiger partial charge in [0.2, 0.25) is 0 Å². The van der Waals surface area contributed by atoms with Crippen LogP contribution in [-0.4, -0.2) is 41.7 Å². The maximum atomic E-state index is 11.6. The van der Waals surface area contributed by atoms with Gasteiger partial charge in [0.25, 0.3) is 0 Å². The fourth-order valence-electron chi connectivity index (χ4n) is 4.05. The second kappa shape index (κ2) is 6.71. The van der Waals surface area contributed by atoms with Gasteiger partial charge in [-0.3, -0.25) is 0 Å². The Morgan fingerprint density at radius 3 is 2.62 bits per heavy atom. The molecule has 0 aliphatic carbocycles. The first kappa shape index (κ1) is 19.7. The number of hydrogen-bond acceptors (Lipinski definition) is 7. The molecule has 0 saturated heterocycles. The van der Waals surface area contributed by atoms with E-state index in [2.05, 4.69) is 0 Å². The van der Waals surface area contributed by atoms with Crippen LogP contribution in [0.4, 0.5) is 0 Å². The van der Waals surface area contributed by atoms with Gasteiger partial charge >= 0.3 is 0 Å². The zero-order valence-electron chi connectivity index (χ0n) is 17.0. The van der Waals surface area contributed by atoms with Gasteiger partial charge in [-0.1, -0.05) is 0 Å². The number of methoxy groups -OCH3 is 2. The van der Waals surface area contributed by atoms with Crippen molar-refractivity contribution in [2.75, 3.05) is 20.8 Å². The molecule has 3 N–H and O–H groups in total. The summed E-state index contributed by atoms with van der Waals surface area (Å²) in [6.07, 6.45) is 0.244. The van der Waals surface area contributed by atoms with E-state index in [1.807, 2.05) is 0 Å². The van der Waals surface area contributed by atoms with Crippen LogP contribution < -0.4 is 18.9 Å². The molecule has 0 amide bonds. The average Bonchev–Trinajstić information content (AvgIpc) is 2.97. The van der Waals surface area contributed by atoms with Gasteiger partial charge in [-0.15, -0.1) is 0 Å². The summed E-state index contributed by atoms with van der Waals surface area (Å²) < 4.78 is 23.2. The van der Waals surface area contributed by atoms with Crippen LogP contribution >= 0.6 is 0 Å². The van der Waals surface area contributed by atoms with Crippen LogP contribution in [0.1, 0.15) is 43.1 Å². The fraction of sp³-hybridized carbons (Fsp3) is 0.455. The molecule has 0 fully saturated rings. The highest BCUT2D eigenvalue weighted by molar-refractivity contribution is 5.63. The molecule has 2 aliphatic rings. The molecule has 7 heteroatoms. The summed E-state index contributed by atoms with van der Waals surface area (Å²) in [4.78, 5) is 0. The SMILES string of the molecule is COc1cc2c(c(CCC(C)(C)O)c1OC)OC1c3ccc(O)cc3OCC21O. The van der Waals surface area contributed by atoms with Crippen LogP contribution in [0.25, 0.3) is 0 Å². The second-order valence-corrected chi connectivity index (χ2v) is 8.21. The van der Waals surface area contributed by atoms with Crippen molar-refractivity contribution < 1.29 is 34.3 Å². The van der Waals surface area contributed by atoms with Gasteiger partial charge in [0.15, 0.2) is 23.2 Å². The number of benzene rings is 2. The summed E-state index contributed by atoms with van der Waals surface area (Å²) in [5.74, 6) is 2.07. The molecule has 0 spiro atoms. The molecule has 2 aromatic carbocycles. The number of aromatic hydroxyl groups is 1. The van der Waals surface area contributed by atoms with E-state index in [1.165, 1.54) is 19.2 Å². The number of fused-ring (bicyclic) bond motifs is 5. The zero-order chi connectivity index (χ0) is 21.0. The summed E-state index contributed by atoms with van der Waals surface area (Å²) in [6, 6.07) is 6.46. The molecule has 0 saturated carbocycles. The monoisotopic (exact) mass is 402 g/mol. The molecule has 4 rings (SSSR count). The Bertz CT molecular complexity index is 947. The van der Waals surface area contributed by atoms with E-state index in [0.29, 0.717) is 47.0 Å². The summed E-state index contributed by atoms with van der Waals surface area (Å²) in [5.41, 5.74) is -0.352. The van der Waals surface area contributed by atoms with Gasteiger partial charge in [-0.25, -0.2) is 0 Å². The molecular weight excluding hydrogens is 376 g/mol. The normalized spacial score (nSPS) is 22.1. The van der Waals surface area contributed by atoms with Gasteiger partial charge in [-0.05, 0) is 44.9 Å². The van der Waals surface area contributed by atoms with E-state index >= 15 is 0 Å². The summed E-state index contributed by atoms with van der Waals surface area (Å²) in [5, 5.41) is 31.5. The van der Waals surface area contributed by atoms with Gasteiger partial charge in [0, 0.05) is 22.8 Å². The van der Waals surface area contributed by atoms with Crippen LogP contribution in [0.5, 0.6) is 28.7 Å². The molecule has 2 atom stereocenters. The predicted molar refractivity (Wildman–Crippen MR) is 105 cm³/mol.